The summed E-state index contributed by atoms with van der Waals surface area (Å²) >= 11 is 3.46. The molecule has 2 N–H and O–H groups in total. The summed E-state index contributed by atoms with van der Waals surface area (Å²) in [4.78, 5) is 0. The van der Waals surface area contributed by atoms with Crippen molar-refractivity contribution < 1.29 is 4.74 Å². The first-order valence-electron chi connectivity index (χ1n) is 7.17. The summed E-state index contributed by atoms with van der Waals surface area (Å²) in [5.74, 6) is 0.731. The molecule has 0 saturated heterocycles. The highest BCUT2D eigenvalue weighted by molar-refractivity contribution is 9.10. The molecular formula is C16H26BrNO. The topological polar surface area (TPSA) is 35.2 Å². The fourth-order valence-electron chi connectivity index (χ4n) is 2.04. The minimum Gasteiger partial charge on any atom is -0.372 e. The van der Waals surface area contributed by atoms with E-state index in [0.29, 0.717) is 0 Å². The molecule has 0 bridgehead atoms. The first kappa shape index (κ1) is 16.7. The van der Waals surface area contributed by atoms with Crippen LogP contribution in [0.4, 0.5) is 0 Å². The Balaban J connectivity index is 2.59. The number of ether oxygens (including phenoxy) is 1. The van der Waals surface area contributed by atoms with Crippen LogP contribution in [0.3, 0.4) is 0 Å². The maximum absolute atomic E-state index is 6.19. The average molecular weight is 328 g/mol. The van der Waals surface area contributed by atoms with Crippen LogP contribution in [0.25, 0.3) is 0 Å². The first-order valence-corrected chi connectivity index (χ1v) is 7.96. The third-order valence-corrected chi connectivity index (χ3v) is 3.81. The summed E-state index contributed by atoms with van der Waals surface area (Å²) in [7, 11) is 0. The Labute approximate surface area is 125 Å². The molecule has 0 amide bonds. The zero-order valence-corrected chi connectivity index (χ0v) is 13.8. The minimum absolute atomic E-state index is 0.00487. The molecule has 3 heteroatoms. The molecule has 1 aromatic carbocycles. The van der Waals surface area contributed by atoms with Crippen molar-refractivity contribution in [3.8, 4) is 0 Å². The second kappa shape index (κ2) is 8.72. The molecule has 0 spiro atoms. The Hall–Kier alpha value is -0.380. The number of rotatable bonds is 8. The third kappa shape index (κ3) is 6.07. The molecule has 1 rings (SSSR count). The van der Waals surface area contributed by atoms with Gasteiger partial charge < -0.3 is 10.5 Å². The molecule has 0 aromatic heterocycles. The third-order valence-electron chi connectivity index (χ3n) is 3.28. The highest BCUT2D eigenvalue weighted by Crippen LogP contribution is 2.24. The molecular weight excluding hydrogens is 302 g/mol. The fourth-order valence-corrected chi connectivity index (χ4v) is 2.30. The van der Waals surface area contributed by atoms with Crippen molar-refractivity contribution in [3.63, 3.8) is 0 Å². The molecule has 2 nitrogen and oxygen atoms in total. The number of hydrogen-bond acceptors (Lipinski definition) is 2. The largest absolute Gasteiger partial charge is 0.372 e. The Morgan fingerprint density at radius 1 is 1.21 bits per heavy atom. The van der Waals surface area contributed by atoms with Crippen LogP contribution in [0.2, 0.25) is 0 Å². The van der Waals surface area contributed by atoms with E-state index in [9.17, 15) is 0 Å². The van der Waals surface area contributed by atoms with Crippen molar-refractivity contribution in [3.05, 3.63) is 34.3 Å². The Bertz CT molecular complexity index is 350. The maximum atomic E-state index is 6.19. The molecule has 0 aliphatic heterocycles. The lowest BCUT2D eigenvalue weighted by Gasteiger charge is -2.24. The van der Waals surface area contributed by atoms with Gasteiger partial charge in [-0.2, -0.15) is 0 Å². The standard InChI is InChI=1S/C16H26BrNO/c1-4-15(18)16(19-11-5-6-12(2)3)13-7-9-14(17)10-8-13/h7-10,12,15-16H,4-6,11,18H2,1-3H3. The number of halogens is 1. The quantitative estimate of drug-likeness (QED) is 0.703. The minimum atomic E-state index is 0.00487. The van der Waals surface area contributed by atoms with E-state index < -0.39 is 0 Å². The highest BCUT2D eigenvalue weighted by Gasteiger charge is 2.19. The molecule has 19 heavy (non-hydrogen) atoms. The Morgan fingerprint density at radius 2 is 1.84 bits per heavy atom. The lowest BCUT2D eigenvalue weighted by Crippen LogP contribution is -2.29. The van der Waals surface area contributed by atoms with Crippen LogP contribution in [0.5, 0.6) is 0 Å². The molecule has 0 aliphatic carbocycles. The zero-order valence-electron chi connectivity index (χ0n) is 12.2. The molecule has 108 valence electrons. The zero-order chi connectivity index (χ0) is 14.3. The summed E-state index contributed by atoms with van der Waals surface area (Å²) in [6, 6.07) is 8.32. The van der Waals surface area contributed by atoms with E-state index in [-0.39, 0.29) is 12.1 Å². The van der Waals surface area contributed by atoms with Gasteiger partial charge in [0.2, 0.25) is 0 Å². The number of benzene rings is 1. The van der Waals surface area contributed by atoms with Crippen LogP contribution >= 0.6 is 15.9 Å². The monoisotopic (exact) mass is 327 g/mol. The summed E-state index contributed by atoms with van der Waals surface area (Å²) in [5.41, 5.74) is 7.36. The van der Waals surface area contributed by atoms with Crippen LogP contribution in [0.15, 0.2) is 28.7 Å². The Morgan fingerprint density at radius 3 is 2.37 bits per heavy atom. The van der Waals surface area contributed by atoms with Crippen molar-refractivity contribution in [2.24, 2.45) is 11.7 Å². The normalized spacial score (nSPS) is 14.6. The summed E-state index contributed by atoms with van der Waals surface area (Å²) in [6.45, 7) is 7.37. The molecule has 1 aromatic rings. The van der Waals surface area contributed by atoms with Gasteiger partial charge in [-0.3, -0.25) is 0 Å². The van der Waals surface area contributed by atoms with Crippen molar-refractivity contribution in [1.29, 1.82) is 0 Å². The van der Waals surface area contributed by atoms with E-state index in [0.717, 1.165) is 29.8 Å². The highest BCUT2D eigenvalue weighted by atomic mass is 79.9. The second-order valence-corrected chi connectivity index (χ2v) is 6.37. The van der Waals surface area contributed by atoms with E-state index in [1.807, 2.05) is 12.1 Å². The SMILES string of the molecule is CCC(N)C(OCCCC(C)C)c1ccc(Br)cc1. The summed E-state index contributed by atoms with van der Waals surface area (Å²) in [5, 5.41) is 0. The van der Waals surface area contributed by atoms with Gasteiger partial charge in [0.25, 0.3) is 0 Å². The molecule has 2 unspecified atom stereocenters. The Kier molecular flexibility index (Phi) is 7.66. The lowest BCUT2D eigenvalue weighted by atomic mass is 10.0. The van der Waals surface area contributed by atoms with Crippen molar-refractivity contribution >= 4 is 15.9 Å². The van der Waals surface area contributed by atoms with Crippen molar-refractivity contribution in [1.82, 2.24) is 0 Å². The van der Waals surface area contributed by atoms with Gasteiger partial charge in [-0.15, -0.1) is 0 Å². The predicted octanol–water partition coefficient (Wildman–Crippen LogP) is 4.68. The first-order chi connectivity index (χ1) is 9.04. The van der Waals surface area contributed by atoms with Gasteiger partial charge >= 0.3 is 0 Å². The number of hydrogen-bond donors (Lipinski definition) is 1. The summed E-state index contributed by atoms with van der Waals surface area (Å²) in [6.07, 6.45) is 3.23. The van der Waals surface area contributed by atoms with E-state index >= 15 is 0 Å². The van der Waals surface area contributed by atoms with Gasteiger partial charge in [0.05, 0.1) is 6.10 Å². The van der Waals surface area contributed by atoms with E-state index in [1.54, 1.807) is 0 Å². The molecule has 0 saturated carbocycles. The van der Waals surface area contributed by atoms with Gasteiger partial charge in [0.15, 0.2) is 0 Å². The van der Waals surface area contributed by atoms with Crippen LogP contribution in [-0.4, -0.2) is 12.6 Å². The van der Waals surface area contributed by atoms with Gasteiger partial charge in [0.1, 0.15) is 0 Å². The molecule has 0 radical (unpaired) electrons. The lowest BCUT2D eigenvalue weighted by molar-refractivity contribution is 0.0301. The van der Waals surface area contributed by atoms with Gasteiger partial charge in [-0.1, -0.05) is 48.8 Å². The average Bonchev–Trinajstić information content (AvgIpc) is 2.39. The smallest absolute Gasteiger partial charge is 0.0975 e. The van der Waals surface area contributed by atoms with Gasteiger partial charge in [-0.05, 0) is 42.9 Å². The van der Waals surface area contributed by atoms with Crippen LogP contribution < -0.4 is 5.73 Å². The van der Waals surface area contributed by atoms with E-state index in [1.165, 1.54) is 12.0 Å². The fraction of sp³-hybridized carbons (Fsp3) is 0.625. The molecule has 2 atom stereocenters. The van der Waals surface area contributed by atoms with E-state index in [4.69, 9.17) is 10.5 Å². The second-order valence-electron chi connectivity index (χ2n) is 5.45. The maximum Gasteiger partial charge on any atom is 0.0975 e. The van der Waals surface area contributed by atoms with Gasteiger partial charge in [-0.25, -0.2) is 0 Å². The predicted molar refractivity (Wildman–Crippen MR) is 85.2 cm³/mol. The van der Waals surface area contributed by atoms with Crippen LogP contribution in [-0.2, 0) is 4.74 Å². The van der Waals surface area contributed by atoms with Gasteiger partial charge in [0, 0.05) is 17.1 Å². The van der Waals surface area contributed by atoms with Crippen molar-refractivity contribution in [2.75, 3.05) is 6.61 Å². The molecule has 0 aliphatic rings. The number of nitrogens with two attached hydrogens (primary N) is 1. The summed E-state index contributed by atoms with van der Waals surface area (Å²) < 4.78 is 7.11. The van der Waals surface area contributed by atoms with Crippen LogP contribution in [0.1, 0.15) is 51.7 Å². The molecule has 0 heterocycles. The molecule has 0 fully saturated rings. The van der Waals surface area contributed by atoms with E-state index in [2.05, 4.69) is 48.8 Å². The van der Waals surface area contributed by atoms with Crippen molar-refractivity contribution in [2.45, 2.75) is 52.2 Å². The van der Waals surface area contributed by atoms with Crippen LogP contribution in [0, 0.1) is 5.92 Å².